The van der Waals surface area contributed by atoms with Crippen molar-refractivity contribution in [2.75, 3.05) is 23.9 Å². The monoisotopic (exact) mass is 377 g/mol. The van der Waals surface area contributed by atoms with Gasteiger partial charge in [-0.15, -0.1) is 0 Å². The van der Waals surface area contributed by atoms with Crippen LogP contribution in [0.1, 0.15) is 23.5 Å². The fourth-order valence-electron chi connectivity index (χ4n) is 3.63. The fraction of sp³-hybridized carbons (Fsp3) is 0.238. The Balaban J connectivity index is 1.79. The van der Waals surface area contributed by atoms with E-state index in [1.54, 1.807) is 0 Å². The first-order chi connectivity index (χ1) is 13.1. The van der Waals surface area contributed by atoms with Crippen LogP contribution in [0.4, 0.5) is 11.4 Å². The van der Waals surface area contributed by atoms with Crippen LogP contribution in [0.2, 0.25) is 0 Å². The summed E-state index contributed by atoms with van der Waals surface area (Å²) < 4.78 is 2.15. The van der Waals surface area contributed by atoms with Gasteiger partial charge in [-0.25, -0.2) is 0 Å². The van der Waals surface area contributed by atoms with Gasteiger partial charge in [-0.2, -0.15) is 0 Å². The number of nitrogens with one attached hydrogen (secondary N) is 1. The van der Waals surface area contributed by atoms with Crippen molar-refractivity contribution in [1.82, 2.24) is 14.9 Å². The molecule has 6 heteroatoms. The van der Waals surface area contributed by atoms with Gasteiger partial charge in [0.25, 0.3) is 0 Å². The average molecular weight is 378 g/mol. The van der Waals surface area contributed by atoms with Crippen LogP contribution in [-0.4, -0.2) is 28.8 Å². The molecule has 0 saturated carbocycles. The van der Waals surface area contributed by atoms with E-state index in [-0.39, 0.29) is 12.1 Å². The summed E-state index contributed by atoms with van der Waals surface area (Å²) in [5.41, 5.74) is 4.41. The van der Waals surface area contributed by atoms with E-state index in [9.17, 15) is 0 Å². The van der Waals surface area contributed by atoms with Crippen LogP contribution in [0, 0.1) is 0 Å². The molecule has 4 rings (SSSR count). The third-order valence-corrected chi connectivity index (χ3v) is 5.34. The molecule has 1 aliphatic rings. The second-order valence-electron chi connectivity index (χ2n) is 6.95. The van der Waals surface area contributed by atoms with Gasteiger partial charge >= 0.3 is 0 Å². The van der Waals surface area contributed by atoms with Gasteiger partial charge in [-0.05, 0) is 60.7 Å². The van der Waals surface area contributed by atoms with Crippen LogP contribution in [0.5, 0.6) is 0 Å². The van der Waals surface area contributed by atoms with Gasteiger partial charge in [0.05, 0.1) is 11.7 Å². The Morgan fingerprint density at radius 3 is 2.41 bits per heavy atom. The number of aromatic nitrogens is 2. The van der Waals surface area contributed by atoms with Crippen LogP contribution < -0.4 is 15.1 Å². The SMILES string of the molecule is CN(C)c1ccc(N2C(=S)NC(c3ccccn3)C2c2cccn2C)cc1. The number of hydrogen-bond donors (Lipinski definition) is 1. The Morgan fingerprint density at radius 2 is 1.81 bits per heavy atom. The molecule has 5 nitrogen and oxygen atoms in total. The molecule has 0 aliphatic carbocycles. The lowest BCUT2D eigenvalue weighted by molar-refractivity contribution is 0.541. The summed E-state index contributed by atoms with van der Waals surface area (Å²) in [4.78, 5) is 8.88. The third-order valence-electron chi connectivity index (χ3n) is 5.03. The van der Waals surface area contributed by atoms with Crippen LogP contribution in [-0.2, 0) is 7.05 Å². The second-order valence-corrected chi connectivity index (χ2v) is 7.34. The zero-order valence-corrected chi connectivity index (χ0v) is 16.5. The summed E-state index contributed by atoms with van der Waals surface area (Å²) in [6, 6.07) is 18.7. The lowest BCUT2D eigenvalue weighted by Gasteiger charge is -2.28. The van der Waals surface area contributed by atoms with Gasteiger partial charge in [-0.3, -0.25) is 4.98 Å². The van der Waals surface area contributed by atoms with Crippen molar-refractivity contribution in [2.24, 2.45) is 7.05 Å². The Labute approximate surface area is 165 Å². The lowest BCUT2D eigenvalue weighted by atomic mass is 10.0. The van der Waals surface area contributed by atoms with Crippen molar-refractivity contribution in [1.29, 1.82) is 0 Å². The Kier molecular flexibility index (Phi) is 4.58. The fourth-order valence-corrected chi connectivity index (χ4v) is 3.97. The highest BCUT2D eigenvalue weighted by Crippen LogP contribution is 2.41. The molecule has 0 radical (unpaired) electrons. The first-order valence-electron chi connectivity index (χ1n) is 8.95. The van der Waals surface area contributed by atoms with E-state index in [1.165, 1.54) is 5.69 Å². The number of nitrogens with zero attached hydrogens (tertiary/aromatic N) is 4. The normalized spacial score (nSPS) is 19.2. The lowest BCUT2D eigenvalue weighted by Crippen LogP contribution is -2.30. The van der Waals surface area contributed by atoms with E-state index in [4.69, 9.17) is 12.2 Å². The van der Waals surface area contributed by atoms with Crippen molar-refractivity contribution in [2.45, 2.75) is 12.1 Å². The third kappa shape index (κ3) is 3.17. The summed E-state index contributed by atoms with van der Waals surface area (Å²) in [5, 5.41) is 4.21. The molecule has 1 aromatic carbocycles. The van der Waals surface area contributed by atoms with Crippen molar-refractivity contribution in [3.8, 4) is 0 Å². The first kappa shape index (κ1) is 17.5. The van der Waals surface area contributed by atoms with E-state index in [1.807, 2.05) is 32.4 Å². The van der Waals surface area contributed by atoms with E-state index in [0.717, 1.165) is 22.2 Å². The summed E-state index contributed by atoms with van der Waals surface area (Å²) in [6.07, 6.45) is 3.90. The van der Waals surface area contributed by atoms with Crippen molar-refractivity contribution >= 4 is 28.7 Å². The maximum atomic E-state index is 5.75. The van der Waals surface area contributed by atoms with Gasteiger partial charge in [0.15, 0.2) is 5.11 Å². The predicted molar refractivity (Wildman–Crippen MR) is 114 cm³/mol. The minimum atomic E-state index is -0.0131. The van der Waals surface area contributed by atoms with Gasteiger partial charge in [-0.1, -0.05) is 6.07 Å². The maximum absolute atomic E-state index is 5.75. The van der Waals surface area contributed by atoms with Crippen molar-refractivity contribution in [3.05, 3.63) is 78.4 Å². The Hall–Kier alpha value is -2.86. The number of hydrogen-bond acceptors (Lipinski definition) is 3. The first-order valence-corrected chi connectivity index (χ1v) is 9.36. The standard InChI is InChI=1S/C21H23N5S/c1-24(2)15-9-11-16(12-10-15)26-20(18-8-6-14-25(18)3)19(23-21(26)27)17-7-4-5-13-22-17/h4-14,19-20H,1-3H3,(H,23,27). The quantitative estimate of drug-likeness (QED) is 0.702. The number of thiocarbonyl (C=S) groups is 1. The molecule has 27 heavy (non-hydrogen) atoms. The van der Waals surface area contributed by atoms with Gasteiger partial charge in [0, 0.05) is 50.6 Å². The Bertz CT molecular complexity index is 933. The highest BCUT2D eigenvalue weighted by Gasteiger charge is 2.41. The molecule has 138 valence electrons. The smallest absolute Gasteiger partial charge is 0.174 e. The van der Waals surface area contributed by atoms with Crippen LogP contribution >= 0.6 is 12.2 Å². The molecule has 3 aromatic rings. The molecule has 2 atom stereocenters. The van der Waals surface area contributed by atoms with Crippen LogP contribution in [0.25, 0.3) is 0 Å². The summed E-state index contributed by atoms with van der Waals surface area (Å²) >= 11 is 5.75. The van der Waals surface area contributed by atoms with Gasteiger partial charge in [0.1, 0.15) is 6.04 Å². The summed E-state index contributed by atoms with van der Waals surface area (Å²) in [6.45, 7) is 0. The maximum Gasteiger partial charge on any atom is 0.174 e. The van der Waals surface area contributed by atoms with E-state index in [0.29, 0.717) is 0 Å². The molecule has 1 aliphatic heterocycles. The predicted octanol–water partition coefficient (Wildman–Crippen LogP) is 3.66. The van der Waals surface area contributed by atoms with Gasteiger partial charge in [0.2, 0.25) is 0 Å². The van der Waals surface area contributed by atoms with Crippen molar-refractivity contribution < 1.29 is 0 Å². The molecule has 1 N–H and O–H groups in total. The summed E-state index contributed by atoms with van der Waals surface area (Å²) in [7, 11) is 6.15. The molecule has 2 aromatic heterocycles. The highest BCUT2D eigenvalue weighted by atomic mass is 32.1. The molecular formula is C21H23N5S. The molecule has 1 fully saturated rings. The molecule has 0 spiro atoms. The molecular weight excluding hydrogens is 354 g/mol. The largest absolute Gasteiger partial charge is 0.378 e. The number of benzene rings is 1. The van der Waals surface area contributed by atoms with Crippen LogP contribution in [0.15, 0.2) is 67.0 Å². The van der Waals surface area contributed by atoms with E-state index >= 15 is 0 Å². The Morgan fingerprint density at radius 1 is 1.04 bits per heavy atom. The van der Waals surface area contributed by atoms with Crippen LogP contribution in [0.3, 0.4) is 0 Å². The average Bonchev–Trinajstić information content (AvgIpc) is 3.25. The van der Waals surface area contributed by atoms with E-state index < -0.39 is 0 Å². The number of pyridine rings is 1. The minimum absolute atomic E-state index is 0.0131. The zero-order valence-electron chi connectivity index (χ0n) is 15.7. The summed E-state index contributed by atoms with van der Waals surface area (Å²) in [5.74, 6) is 0. The minimum Gasteiger partial charge on any atom is -0.378 e. The number of rotatable bonds is 4. The van der Waals surface area contributed by atoms with Crippen molar-refractivity contribution in [3.63, 3.8) is 0 Å². The molecule has 3 heterocycles. The van der Waals surface area contributed by atoms with E-state index in [2.05, 4.69) is 80.4 Å². The number of anilines is 2. The topological polar surface area (TPSA) is 36.3 Å². The zero-order chi connectivity index (χ0) is 19.0. The molecule has 0 bridgehead atoms. The molecule has 2 unspecified atom stereocenters. The van der Waals surface area contributed by atoms with Gasteiger partial charge < -0.3 is 19.7 Å². The number of aryl methyl sites for hydroxylation is 1. The highest BCUT2D eigenvalue weighted by molar-refractivity contribution is 7.80. The second kappa shape index (κ2) is 7.04. The molecule has 0 amide bonds. The molecule has 1 saturated heterocycles.